The van der Waals surface area contributed by atoms with Gasteiger partial charge in [-0.3, -0.25) is 10.2 Å². The molecule has 0 spiro atoms. The van der Waals surface area contributed by atoms with E-state index in [1.165, 1.54) is 28.1 Å². The molecule has 0 bridgehead atoms. The van der Waals surface area contributed by atoms with E-state index in [0.717, 1.165) is 10.4 Å². The first-order chi connectivity index (χ1) is 11.6. The number of nitrogens with zero attached hydrogens (tertiary/aromatic N) is 3. The van der Waals surface area contributed by atoms with Crippen LogP contribution in [0.25, 0.3) is 6.08 Å². The van der Waals surface area contributed by atoms with Crippen molar-refractivity contribution in [1.29, 1.82) is 5.41 Å². The van der Waals surface area contributed by atoms with Gasteiger partial charge in [-0.05, 0) is 35.4 Å². The molecule has 3 heterocycles. The summed E-state index contributed by atoms with van der Waals surface area (Å²) < 4.78 is 0. The van der Waals surface area contributed by atoms with Crippen molar-refractivity contribution < 1.29 is 4.79 Å². The SMILES string of the molecule is N=C1/C(=C\c2cccs2)C(=O)N=C2SC(c3ccccc3Cl)=NN12. The molecular formula is C16H9ClN4OS2. The molecule has 0 aliphatic carbocycles. The Hall–Kier alpha value is -2.22. The fourth-order valence-electron chi connectivity index (χ4n) is 2.25. The van der Waals surface area contributed by atoms with Gasteiger partial charge >= 0.3 is 0 Å². The summed E-state index contributed by atoms with van der Waals surface area (Å²) in [4.78, 5) is 17.2. The number of thiophene rings is 1. The fourth-order valence-corrected chi connectivity index (χ4v) is 4.12. The minimum Gasteiger partial charge on any atom is -0.282 e. The lowest BCUT2D eigenvalue weighted by Gasteiger charge is -2.19. The average molecular weight is 373 g/mol. The standard InChI is InChI=1S/C16H9ClN4OS2/c17-12-6-2-1-5-10(12)15-20-21-13(18)11(8-9-4-3-7-23-9)14(22)19-16(21)24-15/h1-8,18H/b11-8+,18-13?. The number of halogens is 1. The maximum Gasteiger partial charge on any atom is 0.283 e. The lowest BCUT2D eigenvalue weighted by molar-refractivity contribution is -0.114. The normalized spacial score (nSPS) is 18.7. The zero-order valence-electron chi connectivity index (χ0n) is 12.1. The number of amidine groups is 2. The molecule has 8 heteroatoms. The van der Waals surface area contributed by atoms with E-state index in [1.54, 1.807) is 12.1 Å². The van der Waals surface area contributed by atoms with Crippen LogP contribution in [0.3, 0.4) is 0 Å². The molecule has 5 nitrogen and oxygen atoms in total. The number of aliphatic imine (C=N–C) groups is 1. The molecule has 0 atom stereocenters. The molecule has 2 aromatic rings. The summed E-state index contributed by atoms with van der Waals surface area (Å²) in [7, 11) is 0. The molecule has 0 saturated carbocycles. The molecule has 4 rings (SSSR count). The Kier molecular flexibility index (Phi) is 3.84. The minimum atomic E-state index is -0.428. The Morgan fingerprint density at radius 1 is 1.21 bits per heavy atom. The van der Waals surface area contributed by atoms with E-state index in [-0.39, 0.29) is 11.4 Å². The molecule has 0 saturated heterocycles. The summed E-state index contributed by atoms with van der Waals surface area (Å²) in [5, 5.41) is 17.6. The van der Waals surface area contributed by atoms with Crippen molar-refractivity contribution in [3.05, 3.63) is 62.8 Å². The van der Waals surface area contributed by atoms with Gasteiger partial charge in [-0.2, -0.15) is 15.1 Å². The Morgan fingerprint density at radius 3 is 2.79 bits per heavy atom. The Labute approximate surface area is 150 Å². The van der Waals surface area contributed by atoms with Crippen LogP contribution in [0.1, 0.15) is 10.4 Å². The van der Waals surface area contributed by atoms with E-state index in [0.29, 0.717) is 15.2 Å². The van der Waals surface area contributed by atoms with E-state index in [1.807, 2.05) is 35.7 Å². The molecule has 1 aromatic carbocycles. The van der Waals surface area contributed by atoms with Gasteiger partial charge in [0, 0.05) is 10.4 Å². The van der Waals surface area contributed by atoms with Crippen molar-refractivity contribution in [2.45, 2.75) is 0 Å². The lowest BCUT2D eigenvalue weighted by Crippen LogP contribution is -2.35. The van der Waals surface area contributed by atoms with Crippen LogP contribution in [0, 0.1) is 5.41 Å². The first kappa shape index (κ1) is 15.3. The van der Waals surface area contributed by atoms with Crippen LogP contribution in [0.2, 0.25) is 5.02 Å². The number of hydrogen-bond acceptors (Lipinski definition) is 5. The highest BCUT2D eigenvalue weighted by molar-refractivity contribution is 8.27. The second-order valence-electron chi connectivity index (χ2n) is 4.92. The number of carbonyl (C=O) groups excluding carboxylic acids is 1. The van der Waals surface area contributed by atoms with Crippen LogP contribution in [-0.4, -0.2) is 27.0 Å². The second kappa shape index (κ2) is 6.01. The monoisotopic (exact) mass is 372 g/mol. The zero-order valence-corrected chi connectivity index (χ0v) is 14.5. The Balaban J connectivity index is 1.73. The van der Waals surface area contributed by atoms with Crippen molar-refractivity contribution in [3.63, 3.8) is 0 Å². The molecule has 1 amide bonds. The Morgan fingerprint density at radius 2 is 2.04 bits per heavy atom. The van der Waals surface area contributed by atoms with Crippen LogP contribution >= 0.6 is 34.7 Å². The summed E-state index contributed by atoms with van der Waals surface area (Å²) in [6.07, 6.45) is 1.67. The number of rotatable bonds is 2. The maximum absolute atomic E-state index is 12.3. The number of hydrogen-bond donors (Lipinski definition) is 1. The smallest absolute Gasteiger partial charge is 0.282 e. The summed E-state index contributed by atoms with van der Waals surface area (Å²) in [6.45, 7) is 0. The van der Waals surface area contributed by atoms with Crippen molar-refractivity contribution in [3.8, 4) is 0 Å². The van der Waals surface area contributed by atoms with Gasteiger partial charge in [0.1, 0.15) is 5.04 Å². The molecule has 2 aliphatic heterocycles. The first-order valence-electron chi connectivity index (χ1n) is 6.92. The van der Waals surface area contributed by atoms with Crippen molar-refractivity contribution in [2.24, 2.45) is 10.1 Å². The summed E-state index contributed by atoms with van der Waals surface area (Å²) in [5.41, 5.74) is 0.983. The van der Waals surface area contributed by atoms with E-state index < -0.39 is 5.91 Å². The predicted octanol–water partition coefficient (Wildman–Crippen LogP) is 4.07. The van der Waals surface area contributed by atoms with Crippen LogP contribution in [0.15, 0.2) is 57.4 Å². The van der Waals surface area contributed by atoms with Crippen molar-refractivity contribution in [2.75, 3.05) is 0 Å². The lowest BCUT2D eigenvalue weighted by atomic mass is 10.1. The highest BCUT2D eigenvalue weighted by Gasteiger charge is 2.36. The van der Waals surface area contributed by atoms with Gasteiger partial charge in [0.2, 0.25) is 5.17 Å². The van der Waals surface area contributed by atoms with Crippen LogP contribution < -0.4 is 0 Å². The van der Waals surface area contributed by atoms with Gasteiger partial charge in [0.05, 0.1) is 10.6 Å². The van der Waals surface area contributed by atoms with Crippen molar-refractivity contribution in [1.82, 2.24) is 5.01 Å². The van der Waals surface area contributed by atoms with E-state index in [9.17, 15) is 4.79 Å². The topological polar surface area (TPSA) is 68.9 Å². The molecule has 0 radical (unpaired) electrons. The van der Waals surface area contributed by atoms with Crippen LogP contribution in [0.5, 0.6) is 0 Å². The molecule has 1 aromatic heterocycles. The van der Waals surface area contributed by atoms with E-state index in [2.05, 4.69) is 10.1 Å². The number of carbonyl (C=O) groups is 1. The van der Waals surface area contributed by atoms with E-state index >= 15 is 0 Å². The number of benzene rings is 1. The third-order valence-electron chi connectivity index (χ3n) is 3.39. The van der Waals surface area contributed by atoms with Crippen molar-refractivity contribution >= 4 is 62.7 Å². The van der Waals surface area contributed by atoms with Gasteiger partial charge in [0.25, 0.3) is 5.91 Å². The molecule has 0 unspecified atom stereocenters. The largest absolute Gasteiger partial charge is 0.283 e. The van der Waals surface area contributed by atoms with Crippen LogP contribution in [0.4, 0.5) is 0 Å². The van der Waals surface area contributed by atoms with Gasteiger partial charge in [0.15, 0.2) is 5.84 Å². The highest BCUT2D eigenvalue weighted by atomic mass is 35.5. The maximum atomic E-state index is 12.3. The molecule has 1 N–H and O–H groups in total. The number of amides is 1. The van der Waals surface area contributed by atoms with Crippen LogP contribution in [-0.2, 0) is 4.79 Å². The third-order valence-corrected chi connectivity index (χ3v) is 5.48. The second-order valence-corrected chi connectivity index (χ2v) is 7.26. The molecule has 0 fully saturated rings. The first-order valence-corrected chi connectivity index (χ1v) is 8.99. The molecular weight excluding hydrogens is 364 g/mol. The van der Waals surface area contributed by atoms with E-state index in [4.69, 9.17) is 17.0 Å². The Bertz CT molecular complexity index is 947. The summed E-state index contributed by atoms with van der Waals surface area (Å²) >= 11 is 8.94. The highest BCUT2D eigenvalue weighted by Crippen LogP contribution is 2.33. The fraction of sp³-hybridized carbons (Fsp3) is 0. The summed E-state index contributed by atoms with van der Waals surface area (Å²) in [6, 6.07) is 11.1. The van der Waals surface area contributed by atoms with Gasteiger partial charge in [-0.15, -0.1) is 11.3 Å². The molecule has 2 aliphatic rings. The average Bonchev–Trinajstić information content (AvgIpc) is 3.21. The molecule has 118 valence electrons. The van der Waals surface area contributed by atoms with Gasteiger partial charge < -0.3 is 0 Å². The number of thioether (sulfide) groups is 1. The van der Waals surface area contributed by atoms with Gasteiger partial charge in [-0.1, -0.05) is 35.9 Å². The number of hydrazone groups is 1. The zero-order chi connectivity index (χ0) is 16.7. The summed E-state index contributed by atoms with van der Waals surface area (Å²) in [5.74, 6) is -0.407. The minimum absolute atomic E-state index is 0.0213. The molecule has 24 heavy (non-hydrogen) atoms. The predicted molar refractivity (Wildman–Crippen MR) is 99.9 cm³/mol. The number of nitrogens with one attached hydrogen (secondary N) is 1. The number of fused-ring (bicyclic) bond motifs is 1. The third kappa shape index (κ3) is 2.60. The quantitative estimate of drug-likeness (QED) is 0.808. The van der Waals surface area contributed by atoms with Gasteiger partial charge in [-0.25, -0.2) is 0 Å².